The number of hydrogen-bond donors (Lipinski definition) is 0. The van der Waals surface area contributed by atoms with E-state index < -0.39 is 15.9 Å². The van der Waals surface area contributed by atoms with Crippen molar-refractivity contribution >= 4 is 21.9 Å². The molecule has 4 aliphatic rings. The molecule has 39 heavy (non-hydrogen) atoms. The number of carbonyl (C=O) groups excluding carboxylic acids is 1. The van der Waals surface area contributed by atoms with Gasteiger partial charge in [-0.2, -0.15) is 4.31 Å². The van der Waals surface area contributed by atoms with E-state index in [1.165, 1.54) is 4.31 Å². The topological polar surface area (TPSA) is 108 Å². The Morgan fingerprint density at radius 2 is 1.74 bits per heavy atom. The van der Waals surface area contributed by atoms with E-state index in [0.29, 0.717) is 76.5 Å². The Bertz CT molecular complexity index is 1100. The number of likely N-dealkylation sites (tertiary alicyclic amines) is 2. The number of alkyl halides is 2. The minimum absolute atomic E-state index is 0.0382. The molecule has 218 valence electrons. The van der Waals surface area contributed by atoms with Crippen LogP contribution in [0.2, 0.25) is 0 Å². The number of piperazine rings is 1. The van der Waals surface area contributed by atoms with Crippen molar-refractivity contribution in [3.63, 3.8) is 0 Å². The van der Waals surface area contributed by atoms with Crippen LogP contribution in [-0.2, 0) is 14.8 Å². The first kappa shape index (κ1) is 28.2. The van der Waals surface area contributed by atoms with Gasteiger partial charge < -0.3 is 19.3 Å². The number of piperidine rings is 1. The highest BCUT2D eigenvalue weighted by atomic mass is 32.2. The van der Waals surface area contributed by atoms with Crippen LogP contribution < -0.4 is 9.64 Å². The average Bonchev–Trinajstić information content (AvgIpc) is 3.63. The quantitative estimate of drug-likeness (QED) is 0.416. The third-order valence-corrected chi connectivity index (χ3v) is 9.94. The molecule has 5 rings (SSSR count). The van der Waals surface area contributed by atoms with Crippen LogP contribution in [0.25, 0.3) is 0 Å². The summed E-state index contributed by atoms with van der Waals surface area (Å²) in [6.45, 7) is 5.26. The van der Waals surface area contributed by atoms with Crippen LogP contribution in [0.1, 0.15) is 39.0 Å². The molecule has 4 heterocycles. The molecule has 1 saturated carbocycles. The summed E-state index contributed by atoms with van der Waals surface area (Å²) >= 11 is 0. The smallest absolute Gasteiger partial charge is 0.410 e. The SMILES string of the molecule is CC1(OC(=O)N2CCC(COc3cnc(N4CCN(S(=O)(=O)CCCN5CC(F)(F)C5)CC4)cn3)CC2)CC1. The van der Waals surface area contributed by atoms with Gasteiger partial charge in [0.25, 0.3) is 5.92 Å². The summed E-state index contributed by atoms with van der Waals surface area (Å²) in [7, 11) is -3.43. The molecule has 0 N–H and O–H groups in total. The number of aromatic nitrogens is 2. The van der Waals surface area contributed by atoms with Crippen LogP contribution in [0.15, 0.2) is 12.4 Å². The standard InChI is InChI=1S/C25H38F2N6O5S/c1-24(5-6-24)38-23(34)32-8-3-20(4-9-32)17-37-22-16-28-21(15-29-22)31-10-12-33(13-11-31)39(35,36)14-2-7-30-18-25(26,27)19-30/h15-16,20H,2-14,17-19H2,1H3. The number of halogens is 2. The Kier molecular flexibility index (Phi) is 8.16. The molecular weight excluding hydrogens is 534 g/mol. The second-order valence-corrected chi connectivity index (χ2v) is 13.5. The fourth-order valence-electron chi connectivity index (χ4n) is 5.15. The zero-order valence-electron chi connectivity index (χ0n) is 22.4. The van der Waals surface area contributed by atoms with Crippen molar-refractivity contribution in [3.05, 3.63) is 12.4 Å². The van der Waals surface area contributed by atoms with E-state index in [9.17, 15) is 22.0 Å². The van der Waals surface area contributed by atoms with E-state index >= 15 is 0 Å². The monoisotopic (exact) mass is 572 g/mol. The van der Waals surface area contributed by atoms with Crippen LogP contribution >= 0.6 is 0 Å². The van der Waals surface area contributed by atoms with Crippen molar-refractivity contribution in [3.8, 4) is 5.88 Å². The van der Waals surface area contributed by atoms with Crippen molar-refractivity contribution in [2.24, 2.45) is 5.92 Å². The number of sulfonamides is 1. The maximum absolute atomic E-state index is 12.9. The number of anilines is 1. The minimum atomic E-state index is -3.43. The van der Waals surface area contributed by atoms with Gasteiger partial charge >= 0.3 is 6.09 Å². The Balaban J connectivity index is 0.990. The molecule has 0 bridgehead atoms. The summed E-state index contributed by atoms with van der Waals surface area (Å²) in [6, 6.07) is 0. The third kappa shape index (κ3) is 7.46. The first-order chi connectivity index (χ1) is 18.5. The lowest BCUT2D eigenvalue weighted by Crippen LogP contribution is -2.56. The summed E-state index contributed by atoms with van der Waals surface area (Å²) in [6.07, 6.45) is 6.92. The molecule has 0 aromatic carbocycles. The van der Waals surface area contributed by atoms with E-state index in [1.54, 1.807) is 22.2 Å². The Morgan fingerprint density at radius 1 is 1.05 bits per heavy atom. The Hall–Kier alpha value is -2.32. The van der Waals surface area contributed by atoms with E-state index in [0.717, 1.165) is 25.7 Å². The van der Waals surface area contributed by atoms with Crippen molar-refractivity contribution < 1.29 is 31.5 Å². The lowest BCUT2D eigenvalue weighted by molar-refractivity contribution is -0.129. The van der Waals surface area contributed by atoms with Gasteiger partial charge in [0.05, 0.1) is 37.8 Å². The third-order valence-electron chi connectivity index (χ3n) is 7.98. The predicted molar refractivity (Wildman–Crippen MR) is 140 cm³/mol. The largest absolute Gasteiger partial charge is 0.476 e. The number of rotatable bonds is 10. The van der Waals surface area contributed by atoms with Gasteiger partial charge in [-0.15, -0.1) is 0 Å². The van der Waals surface area contributed by atoms with Crippen LogP contribution in [0.4, 0.5) is 19.4 Å². The average molecular weight is 573 g/mol. The summed E-state index contributed by atoms with van der Waals surface area (Å²) in [5.41, 5.74) is -0.257. The molecule has 1 aliphatic carbocycles. The van der Waals surface area contributed by atoms with Gasteiger partial charge in [-0.3, -0.25) is 4.90 Å². The zero-order chi connectivity index (χ0) is 27.7. The summed E-state index contributed by atoms with van der Waals surface area (Å²) in [4.78, 5) is 26.4. The molecule has 0 unspecified atom stereocenters. The number of carbonyl (C=O) groups is 1. The first-order valence-electron chi connectivity index (χ1n) is 13.8. The highest BCUT2D eigenvalue weighted by Gasteiger charge is 2.44. The number of hydrogen-bond acceptors (Lipinski definition) is 9. The van der Waals surface area contributed by atoms with E-state index in [4.69, 9.17) is 9.47 Å². The van der Waals surface area contributed by atoms with Gasteiger partial charge in [-0.05, 0) is 51.5 Å². The molecule has 3 saturated heterocycles. The molecule has 0 atom stereocenters. The Morgan fingerprint density at radius 3 is 2.33 bits per heavy atom. The highest BCUT2D eigenvalue weighted by molar-refractivity contribution is 7.89. The highest BCUT2D eigenvalue weighted by Crippen LogP contribution is 2.39. The van der Waals surface area contributed by atoms with Gasteiger partial charge in [0.1, 0.15) is 11.4 Å². The van der Waals surface area contributed by atoms with E-state index in [-0.39, 0.29) is 30.5 Å². The maximum Gasteiger partial charge on any atom is 0.410 e. The number of ether oxygens (including phenoxy) is 2. The minimum Gasteiger partial charge on any atom is -0.476 e. The fraction of sp³-hybridized carbons (Fsp3) is 0.800. The lowest BCUT2D eigenvalue weighted by Gasteiger charge is -2.39. The number of amides is 1. The molecule has 0 radical (unpaired) electrons. The van der Waals surface area contributed by atoms with Crippen LogP contribution in [0.3, 0.4) is 0 Å². The van der Waals surface area contributed by atoms with Gasteiger partial charge in [-0.1, -0.05) is 0 Å². The first-order valence-corrected chi connectivity index (χ1v) is 15.4. The lowest BCUT2D eigenvalue weighted by atomic mass is 9.98. The second kappa shape index (κ2) is 11.3. The predicted octanol–water partition coefficient (Wildman–Crippen LogP) is 2.05. The van der Waals surface area contributed by atoms with Gasteiger partial charge in [-0.25, -0.2) is 32.0 Å². The normalized spacial score (nSPS) is 23.8. The molecule has 1 amide bonds. The summed E-state index contributed by atoms with van der Waals surface area (Å²) < 4.78 is 64.1. The fourth-order valence-corrected chi connectivity index (χ4v) is 6.62. The molecular formula is C25H38F2N6O5S. The van der Waals surface area contributed by atoms with Crippen molar-refractivity contribution in [1.29, 1.82) is 0 Å². The number of nitrogens with zero attached hydrogens (tertiary/aromatic N) is 6. The van der Waals surface area contributed by atoms with E-state index in [1.807, 2.05) is 11.8 Å². The molecule has 1 aromatic rings. The van der Waals surface area contributed by atoms with Crippen molar-refractivity contribution in [2.45, 2.75) is 50.6 Å². The maximum atomic E-state index is 12.9. The molecule has 3 aliphatic heterocycles. The van der Waals surface area contributed by atoms with Crippen LogP contribution in [0.5, 0.6) is 5.88 Å². The van der Waals surface area contributed by atoms with E-state index in [2.05, 4.69) is 9.97 Å². The summed E-state index contributed by atoms with van der Waals surface area (Å²) in [5.74, 6) is -1.25. The second-order valence-electron chi connectivity index (χ2n) is 11.4. The molecule has 4 fully saturated rings. The molecule has 1 aromatic heterocycles. The zero-order valence-corrected chi connectivity index (χ0v) is 23.3. The van der Waals surface area contributed by atoms with Gasteiger partial charge in [0, 0.05) is 39.3 Å². The van der Waals surface area contributed by atoms with Crippen molar-refractivity contribution in [2.75, 3.05) is 76.2 Å². The Labute approximate surface area is 228 Å². The van der Waals surface area contributed by atoms with Gasteiger partial charge in [0.15, 0.2) is 0 Å². The van der Waals surface area contributed by atoms with Crippen LogP contribution in [-0.4, -0.2) is 121 Å². The summed E-state index contributed by atoms with van der Waals surface area (Å²) in [5, 5.41) is 0. The van der Waals surface area contributed by atoms with Crippen LogP contribution in [0, 0.1) is 5.92 Å². The molecule has 0 spiro atoms. The molecule has 14 heteroatoms. The van der Waals surface area contributed by atoms with Gasteiger partial charge in [0.2, 0.25) is 15.9 Å². The van der Waals surface area contributed by atoms with Crippen molar-refractivity contribution in [1.82, 2.24) is 24.1 Å². The molecule has 11 nitrogen and oxygen atoms in total.